The fourth-order valence-corrected chi connectivity index (χ4v) is 5.24. The first kappa shape index (κ1) is 19.0. The number of benzene rings is 1. The molecule has 0 radical (unpaired) electrons. The number of rotatable bonds is 3. The second-order valence-electron chi connectivity index (χ2n) is 6.51. The Morgan fingerprint density at radius 1 is 1.12 bits per heavy atom. The monoisotopic (exact) mass is 391 g/mol. The van der Waals surface area contributed by atoms with Crippen LogP contribution in [-0.2, 0) is 16.6 Å². The largest absolute Gasteiger partial charge is 0.334 e. The summed E-state index contributed by atoms with van der Waals surface area (Å²) in [6.07, 6.45) is 1.66. The molecule has 0 aliphatic carbocycles. The molecule has 2 amide bonds. The second kappa shape index (κ2) is 7.43. The van der Waals surface area contributed by atoms with Crippen molar-refractivity contribution in [2.45, 2.75) is 31.8 Å². The first-order valence-electron chi connectivity index (χ1n) is 8.43. The van der Waals surface area contributed by atoms with Crippen LogP contribution >= 0.6 is 0 Å². The zero-order valence-electron chi connectivity index (χ0n) is 14.1. The predicted octanol–water partition coefficient (Wildman–Crippen LogP) is 1.81. The number of nitrogens with zero attached hydrogens (tertiary/aromatic N) is 2. The Morgan fingerprint density at radius 2 is 1.73 bits per heavy atom. The van der Waals surface area contributed by atoms with Crippen molar-refractivity contribution in [3.05, 3.63) is 35.1 Å². The van der Waals surface area contributed by atoms with E-state index in [-0.39, 0.29) is 11.8 Å². The predicted molar refractivity (Wildman–Crippen MR) is 88.3 cm³/mol. The summed E-state index contributed by atoms with van der Waals surface area (Å²) in [6.45, 7) is 0.841. The summed E-state index contributed by atoms with van der Waals surface area (Å²) in [5.41, 5.74) is -0.405. The molecular formula is C16H20F3N3O3S. The number of sulfonamides is 1. The zero-order valence-corrected chi connectivity index (χ0v) is 14.9. The van der Waals surface area contributed by atoms with Gasteiger partial charge in [0.15, 0.2) is 0 Å². The fourth-order valence-electron chi connectivity index (χ4n) is 3.44. The van der Waals surface area contributed by atoms with Crippen molar-refractivity contribution in [1.82, 2.24) is 14.5 Å². The highest BCUT2D eigenvalue weighted by Gasteiger charge is 2.36. The third kappa shape index (κ3) is 3.96. The van der Waals surface area contributed by atoms with Gasteiger partial charge in [-0.15, -0.1) is 0 Å². The van der Waals surface area contributed by atoms with E-state index in [0.29, 0.717) is 51.0 Å². The van der Waals surface area contributed by atoms with Gasteiger partial charge >= 0.3 is 6.03 Å². The number of likely N-dealkylation sites (tertiary alicyclic amines) is 1. The van der Waals surface area contributed by atoms with E-state index in [0.717, 1.165) is 0 Å². The van der Waals surface area contributed by atoms with Crippen LogP contribution in [0.4, 0.5) is 18.0 Å². The van der Waals surface area contributed by atoms with Crippen molar-refractivity contribution < 1.29 is 26.4 Å². The number of urea groups is 1. The third-order valence-corrected chi connectivity index (χ3v) is 6.82. The van der Waals surface area contributed by atoms with Crippen LogP contribution in [0.5, 0.6) is 0 Å². The van der Waals surface area contributed by atoms with Crippen LogP contribution in [-0.4, -0.2) is 55.1 Å². The summed E-state index contributed by atoms with van der Waals surface area (Å²) in [5.74, 6) is -2.96. The van der Waals surface area contributed by atoms with Crippen molar-refractivity contribution in [3.63, 3.8) is 0 Å². The maximum absolute atomic E-state index is 13.6. The summed E-state index contributed by atoms with van der Waals surface area (Å²) in [7, 11) is -3.18. The van der Waals surface area contributed by atoms with E-state index in [1.54, 1.807) is 0 Å². The Hall–Kier alpha value is -1.81. The molecule has 2 saturated heterocycles. The van der Waals surface area contributed by atoms with E-state index in [1.807, 2.05) is 0 Å². The van der Waals surface area contributed by atoms with Gasteiger partial charge < -0.3 is 10.2 Å². The molecule has 2 heterocycles. The minimum absolute atomic E-state index is 0.112. The van der Waals surface area contributed by atoms with Crippen LogP contribution in [0.3, 0.4) is 0 Å². The van der Waals surface area contributed by atoms with Gasteiger partial charge in [-0.3, -0.25) is 0 Å². The van der Waals surface area contributed by atoms with E-state index in [2.05, 4.69) is 5.32 Å². The Bertz CT molecular complexity index is 772. The standard InChI is InChI=1S/C16H20F3N3O3S/c17-11-8-14(18)13(15(19)9-11)10-20-16(23)21-5-2-12(3-6-21)22-4-1-7-26(22,24)25/h8-9,12H,1-7,10H2,(H,20,23). The highest BCUT2D eigenvalue weighted by Crippen LogP contribution is 2.24. The highest BCUT2D eigenvalue weighted by molar-refractivity contribution is 7.89. The molecule has 2 aliphatic heterocycles. The molecule has 0 aromatic heterocycles. The van der Waals surface area contributed by atoms with E-state index in [4.69, 9.17) is 0 Å². The van der Waals surface area contributed by atoms with Gasteiger partial charge in [-0.1, -0.05) is 0 Å². The van der Waals surface area contributed by atoms with Gasteiger partial charge in [0, 0.05) is 43.4 Å². The smallest absolute Gasteiger partial charge is 0.317 e. The Morgan fingerprint density at radius 3 is 2.27 bits per heavy atom. The number of hydrogen-bond acceptors (Lipinski definition) is 3. The molecule has 1 aromatic carbocycles. The lowest BCUT2D eigenvalue weighted by molar-refractivity contribution is 0.160. The topological polar surface area (TPSA) is 69.7 Å². The molecule has 26 heavy (non-hydrogen) atoms. The average Bonchev–Trinajstić information content (AvgIpc) is 2.93. The lowest BCUT2D eigenvalue weighted by atomic mass is 10.1. The van der Waals surface area contributed by atoms with Crippen molar-refractivity contribution in [3.8, 4) is 0 Å². The summed E-state index contributed by atoms with van der Waals surface area (Å²) < 4.78 is 65.5. The van der Waals surface area contributed by atoms with Gasteiger partial charge in [0.25, 0.3) is 0 Å². The number of carbonyl (C=O) groups excluding carboxylic acids is 1. The average molecular weight is 391 g/mol. The summed E-state index contributed by atoms with van der Waals surface area (Å²) in [6, 6.07) is 0.522. The molecule has 3 rings (SSSR count). The molecule has 0 atom stereocenters. The highest BCUT2D eigenvalue weighted by atomic mass is 32.2. The lowest BCUT2D eigenvalue weighted by Crippen LogP contribution is -2.49. The summed E-state index contributed by atoms with van der Waals surface area (Å²) >= 11 is 0. The van der Waals surface area contributed by atoms with Crippen LogP contribution in [0.2, 0.25) is 0 Å². The fraction of sp³-hybridized carbons (Fsp3) is 0.562. The molecule has 0 bridgehead atoms. The Balaban J connectivity index is 1.53. The first-order valence-corrected chi connectivity index (χ1v) is 10.0. The van der Waals surface area contributed by atoms with E-state index < -0.39 is 45.6 Å². The first-order chi connectivity index (χ1) is 12.3. The minimum Gasteiger partial charge on any atom is -0.334 e. The van der Waals surface area contributed by atoms with Crippen LogP contribution in [0, 0.1) is 17.5 Å². The normalized spacial score (nSPS) is 21.1. The number of nitrogens with one attached hydrogen (secondary N) is 1. The van der Waals surface area contributed by atoms with Crippen LogP contribution < -0.4 is 5.32 Å². The Kier molecular flexibility index (Phi) is 5.42. The molecule has 144 valence electrons. The molecule has 6 nitrogen and oxygen atoms in total. The van der Waals surface area contributed by atoms with Crippen molar-refractivity contribution in [1.29, 1.82) is 0 Å². The SMILES string of the molecule is O=C(NCc1c(F)cc(F)cc1F)N1CCC(N2CCCS2(=O)=O)CC1. The molecule has 0 unspecified atom stereocenters. The quantitative estimate of drug-likeness (QED) is 0.855. The maximum Gasteiger partial charge on any atom is 0.317 e. The summed E-state index contributed by atoms with van der Waals surface area (Å²) in [5, 5.41) is 2.42. The van der Waals surface area contributed by atoms with E-state index >= 15 is 0 Å². The molecule has 0 saturated carbocycles. The molecule has 0 spiro atoms. The van der Waals surface area contributed by atoms with Gasteiger partial charge in [0.2, 0.25) is 10.0 Å². The third-order valence-electron chi connectivity index (χ3n) is 4.82. The Labute approximate surface area is 150 Å². The van der Waals surface area contributed by atoms with E-state index in [9.17, 15) is 26.4 Å². The van der Waals surface area contributed by atoms with Gasteiger partial charge in [-0.25, -0.2) is 26.4 Å². The number of carbonyl (C=O) groups is 1. The summed E-state index contributed by atoms with van der Waals surface area (Å²) in [4.78, 5) is 13.7. The number of hydrogen-bond donors (Lipinski definition) is 1. The van der Waals surface area contributed by atoms with Crippen LogP contribution in [0.1, 0.15) is 24.8 Å². The van der Waals surface area contributed by atoms with Crippen molar-refractivity contribution in [2.75, 3.05) is 25.4 Å². The molecule has 2 fully saturated rings. The van der Waals surface area contributed by atoms with E-state index in [1.165, 1.54) is 9.21 Å². The molecule has 1 aromatic rings. The maximum atomic E-state index is 13.6. The number of piperidine rings is 1. The zero-order chi connectivity index (χ0) is 18.9. The molecular weight excluding hydrogens is 371 g/mol. The molecule has 1 N–H and O–H groups in total. The number of halogens is 3. The van der Waals surface area contributed by atoms with Gasteiger partial charge in [-0.05, 0) is 19.3 Å². The number of amides is 2. The van der Waals surface area contributed by atoms with Crippen LogP contribution in [0.25, 0.3) is 0 Å². The lowest BCUT2D eigenvalue weighted by Gasteiger charge is -2.35. The second-order valence-corrected chi connectivity index (χ2v) is 8.55. The molecule has 2 aliphatic rings. The molecule has 10 heteroatoms. The van der Waals surface area contributed by atoms with Crippen molar-refractivity contribution >= 4 is 16.1 Å². The van der Waals surface area contributed by atoms with Gasteiger partial charge in [0.1, 0.15) is 17.5 Å². The van der Waals surface area contributed by atoms with Crippen molar-refractivity contribution in [2.24, 2.45) is 0 Å². The van der Waals surface area contributed by atoms with Gasteiger partial charge in [0.05, 0.1) is 12.3 Å². The minimum atomic E-state index is -3.18. The van der Waals surface area contributed by atoms with Crippen LogP contribution in [0.15, 0.2) is 12.1 Å². The van der Waals surface area contributed by atoms with Gasteiger partial charge in [-0.2, -0.15) is 4.31 Å².